The van der Waals surface area contributed by atoms with Crippen LogP contribution in [0.3, 0.4) is 0 Å². The highest BCUT2D eigenvalue weighted by Gasteiger charge is 2.61. The fourth-order valence-electron chi connectivity index (χ4n) is 5.97. The van der Waals surface area contributed by atoms with E-state index in [2.05, 4.69) is 10.7 Å². The van der Waals surface area contributed by atoms with Gasteiger partial charge in [0.25, 0.3) is 0 Å². The fraction of sp³-hybridized carbons (Fsp3) is 0.700. The first-order chi connectivity index (χ1) is 12.1. The van der Waals surface area contributed by atoms with Crippen LogP contribution in [0.1, 0.15) is 73.7 Å². The third kappa shape index (κ3) is 2.38. The summed E-state index contributed by atoms with van der Waals surface area (Å²) < 4.78 is 5.28. The molecule has 134 valence electrons. The van der Waals surface area contributed by atoms with Crippen molar-refractivity contribution in [2.24, 2.45) is 23.2 Å². The Morgan fingerprint density at radius 2 is 1.96 bits per heavy atom. The normalized spacial score (nSPS) is 35.2. The quantitative estimate of drug-likeness (QED) is 0.784. The van der Waals surface area contributed by atoms with Gasteiger partial charge in [-0.3, -0.25) is 4.79 Å². The summed E-state index contributed by atoms with van der Waals surface area (Å²) in [5, 5.41) is 5.94. The highest BCUT2D eigenvalue weighted by molar-refractivity contribution is 7.15. The first kappa shape index (κ1) is 15.9. The largest absolute Gasteiger partial charge is 0.462 e. The predicted octanol–water partition coefficient (Wildman–Crippen LogP) is 4.57. The van der Waals surface area contributed by atoms with Gasteiger partial charge >= 0.3 is 5.97 Å². The van der Waals surface area contributed by atoms with Gasteiger partial charge in [0, 0.05) is 0 Å². The summed E-state index contributed by atoms with van der Waals surface area (Å²) >= 11 is 1.50. The van der Waals surface area contributed by atoms with Crippen LogP contribution in [-0.4, -0.2) is 18.5 Å². The van der Waals surface area contributed by atoms with Gasteiger partial charge in [-0.2, -0.15) is 0 Å². The van der Waals surface area contributed by atoms with E-state index in [1.807, 2.05) is 6.92 Å². The minimum absolute atomic E-state index is 0.163. The van der Waals surface area contributed by atoms with Crippen molar-refractivity contribution >= 4 is 28.2 Å². The molecule has 25 heavy (non-hydrogen) atoms. The number of carbonyl (C=O) groups is 2. The van der Waals surface area contributed by atoms with E-state index in [0.717, 1.165) is 43.1 Å². The average Bonchev–Trinajstić information content (AvgIpc) is 3.22. The molecule has 0 radical (unpaired) electrons. The van der Waals surface area contributed by atoms with Gasteiger partial charge in [0.1, 0.15) is 5.00 Å². The first-order valence-corrected chi connectivity index (χ1v) is 10.6. The fourth-order valence-corrected chi connectivity index (χ4v) is 6.99. The van der Waals surface area contributed by atoms with E-state index in [1.165, 1.54) is 30.6 Å². The van der Waals surface area contributed by atoms with Crippen LogP contribution in [0.15, 0.2) is 5.38 Å². The minimum Gasteiger partial charge on any atom is -0.462 e. The summed E-state index contributed by atoms with van der Waals surface area (Å²) in [6.45, 7) is 2.19. The van der Waals surface area contributed by atoms with Gasteiger partial charge in [-0.1, -0.05) is 0 Å². The molecule has 4 bridgehead atoms. The van der Waals surface area contributed by atoms with E-state index in [0.29, 0.717) is 29.0 Å². The number of ether oxygens (including phenoxy) is 1. The number of amides is 1. The van der Waals surface area contributed by atoms with Gasteiger partial charge < -0.3 is 10.1 Å². The summed E-state index contributed by atoms with van der Waals surface area (Å²) in [6.07, 6.45) is 8.15. The lowest BCUT2D eigenvalue weighted by Crippen LogP contribution is -2.37. The van der Waals surface area contributed by atoms with E-state index in [-0.39, 0.29) is 17.3 Å². The smallest absolute Gasteiger partial charge is 0.341 e. The zero-order valence-corrected chi connectivity index (χ0v) is 15.5. The Labute approximate surface area is 152 Å². The SMILES string of the molecule is CCOC(=O)c1c(C2CC2)csc1NC(=O)C12CC3CC(CC1C3)C2. The van der Waals surface area contributed by atoms with E-state index < -0.39 is 0 Å². The Morgan fingerprint density at radius 1 is 1.24 bits per heavy atom. The van der Waals surface area contributed by atoms with Crippen molar-refractivity contribution < 1.29 is 14.3 Å². The van der Waals surface area contributed by atoms with Crippen LogP contribution in [0.2, 0.25) is 0 Å². The maximum absolute atomic E-state index is 13.3. The minimum atomic E-state index is -0.282. The third-order valence-corrected chi connectivity index (χ3v) is 7.90. The van der Waals surface area contributed by atoms with Gasteiger partial charge in [-0.05, 0) is 86.5 Å². The molecule has 2 atom stereocenters. The highest BCUT2D eigenvalue weighted by atomic mass is 32.1. The zero-order valence-electron chi connectivity index (χ0n) is 14.7. The van der Waals surface area contributed by atoms with Crippen molar-refractivity contribution in [3.8, 4) is 0 Å². The molecule has 1 aromatic rings. The Morgan fingerprint density at radius 3 is 2.60 bits per heavy atom. The highest BCUT2D eigenvalue weighted by Crippen LogP contribution is 2.65. The molecular formula is C20H25NO3S. The average molecular weight is 359 g/mol. The Kier molecular flexibility index (Phi) is 3.53. The van der Waals surface area contributed by atoms with E-state index >= 15 is 0 Å². The molecule has 5 aliphatic carbocycles. The molecule has 1 amide bonds. The van der Waals surface area contributed by atoms with Crippen molar-refractivity contribution in [1.82, 2.24) is 0 Å². The molecule has 5 heteroatoms. The lowest BCUT2D eigenvalue weighted by Gasteiger charge is -2.31. The lowest BCUT2D eigenvalue weighted by atomic mass is 9.75. The van der Waals surface area contributed by atoms with Crippen LogP contribution in [0.4, 0.5) is 5.00 Å². The van der Waals surface area contributed by atoms with Gasteiger partial charge in [0.2, 0.25) is 5.91 Å². The molecule has 6 rings (SSSR count). The molecule has 4 nitrogen and oxygen atoms in total. The Bertz CT molecular complexity index is 721. The van der Waals surface area contributed by atoms with Gasteiger partial charge in [-0.15, -0.1) is 11.3 Å². The van der Waals surface area contributed by atoms with Crippen LogP contribution in [0.25, 0.3) is 0 Å². The van der Waals surface area contributed by atoms with Crippen LogP contribution in [-0.2, 0) is 9.53 Å². The molecular weight excluding hydrogens is 334 g/mol. The van der Waals surface area contributed by atoms with Crippen LogP contribution < -0.4 is 5.32 Å². The van der Waals surface area contributed by atoms with Gasteiger partial charge in [0.05, 0.1) is 17.6 Å². The second-order valence-corrected chi connectivity index (χ2v) is 9.42. The van der Waals surface area contributed by atoms with Crippen molar-refractivity contribution in [1.29, 1.82) is 0 Å². The monoisotopic (exact) mass is 359 g/mol. The predicted molar refractivity (Wildman–Crippen MR) is 96.9 cm³/mol. The Hall–Kier alpha value is -1.36. The molecule has 5 aliphatic rings. The van der Waals surface area contributed by atoms with Gasteiger partial charge in [-0.25, -0.2) is 4.79 Å². The second-order valence-electron chi connectivity index (χ2n) is 8.54. The van der Waals surface area contributed by atoms with E-state index in [1.54, 1.807) is 0 Å². The number of hydrogen-bond donors (Lipinski definition) is 1. The van der Waals surface area contributed by atoms with Crippen molar-refractivity contribution in [2.45, 2.75) is 57.8 Å². The first-order valence-electron chi connectivity index (χ1n) is 9.70. The summed E-state index contributed by atoms with van der Waals surface area (Å²) in [5.74, 6) is 2.41. The standard InChI is InChI=1S/C20H25NO3S/c1-2-24-18(22)16-15(13-3-4-13)10-25-17(16)21-19(23)20-8-11-5-12(9-20)7-14(20)6-11/h10-14H,2-9H2,1H3,(H,21,23). The summed E-state index contributed by atoms with van der Waals surface area (Å²) in [6, 6.07) is 0. The van der Waals surface area contributed by atoms with E-state index in [9.17, 15) is 9.59 Å². The number of rotatable bonds is 5. The van der Waals surface area contributed by atoms with E-state index in [4.69, 9.17) is 4.74 Å². The summed E-state index contributed by atoms with van der Waals surface area (Å²) in [7, 11) is 0. The molecule has 1 N–H and O–H groups in total. The van der Waals surface area contributed by atoms with Gasteiger partial charge in [0.15, 0.2) is 0 Å². The van der Waals surface area contributed by atoms with Crippen LogP contribution in [0, 0.1) is 23.2 Å². The molecule has 1 aromatic heterocycles. The maximum Gasteiger partial charge on any atom is 0.341 e. The number of hydrogen-bond acceptors (Lipinski definition) is 4. The number of esters is 1. The molecule has 5 saturated carbocycles. The zero-order chi connectivity index (χ0) is 17.2. The summed E-state index contributed by atoms with van der Waals surface area (Å²) in [5.41, 5.74) is 1.54. The number of thiophene rings is 1. The number of nitrogens with one attached hydrogen (secondary N) is 1. The van der Waals surface area contributed by atoms with Crippen molar-refractivity contribution in [3.63, 3.8) is 0 Å². The molecule has 2 unspecified atom stereocenters. The second kappa shape index (κ2) is 5.57. The maximum atomic E-state index is 13.3. The molecule has 0 saturated heterocycles. The molecule has 0 aliphatic heterocycles. The molecule has 1 heterocycles. The molecule has 5 fully saturated rings. The Balaban J connectivity index is 1.43. The third-order valence-electron chi connectivity index (χ3n) is 6.99. The topological polar surface area (TPSA) is 55.4 Å². The molecule has 0 aromatic carbocycles. The van der Waals surface area contributed by atoms with Crippen LogP contribution in [0.5, 0.6) is 0 Å². The van der Waals surface area contributed by atoms with Crippen molar-refractivity contribution in [2.75, 3.05) is 11.9 Å². The van der Waals surface area contributed by atoms with Crippen LogP contribution >= 0.6 is 11.3 Å². The lowest BCUT2D eigenvalue weighted by molar-refractivity contribution is -0.127. The van der Waals surface area contributed by atoms with Crippen molar-refractivity contribution in [3.05, 3.63) is 16.5 Å². The number of anilines is 1. The number of carbonyl (C=O) groups excluding carboxylic acids is 2. The summed E-state index contributed by atoms with van der Waals surface area (Å²) in [4.78, 5) is 25.8. The molecule has 0 spiro atoms.